The van der Waals surface area contributed by atoms with Crippen LogP contribution in [0.4, 0.5) is 13.2 Å². The van der Waals surface area contributed by atoms with E-state index in [0.717, 1.165) is 12.1 Å². The van der Waals surface area contributed by atoms with Gasteiger partial charge in [0.05, 0.1) is 12.7 Å². The van der Waals surface area contributed by atoms with E-state index in [0.29, 0.717) is 11.1 Å². The van der Waals surface area contributed by atoms with Gasteiger partial charge in [0.25, 0.3) is 5.91 Å². The van der Waals surface area contributed by atoms with Gasteiger partial charge in [0, 0.05) is 30.8 Å². The van der Waals surface area contributed by atoms with Crippen molar-refractivity contribution in [3.63, 3.8) is 0 Å². The van der Waals surface area contributed by atoms with Gasteiger partial charge >= 0.3 is 12.1 Å². The lowest BCUT2D eigenvalue weighted by atomic mass is 10.0. The van der Waals surface area contributed by atoms with Gasteiger partial charge < -0.3 is 19.8 Å². The fourth-order valence-corrected chi connectivity index (χ4v) is 4.95. The van der Waals surface area contributed by atoms with Crippen LogP contribution in [0.2, 0.25) is 0 Å². The van der Waals surface area contributed by atoms with Crippen LogP contribution in [-0.4, -0.2) is 65.4 Å². The molecule has 12 heteroatoms. The molecule has 2 amide bonds. The summed E-state index contributed by atoms with van der Waals surface area (Å²) in [5.74, 6) is -1.70. The number of alkyl halides is 3. The van der Waals surface area contributed by atoms with Gasteiger partial charge in [-0.15, -0.1) is 0 Å². The van der Waals surface area contributed by atoms with E-state index in [1.807, 2.05) is 6.07 Å². The first-order valence-corrected chi connectivity index (χ1v) is 12.6. The molecule has 1 saturated heterocycles. The van der Waals surface area contributed by atoms with Crippen molar-refractivity contribution >= 4 is 28.9 Å². The van der Waals surface area contributed by atoms with Gasteiger partial charge in [-0.05, 0) is 42.0 Å². The Hall–Kier alpha value is -4.71. The highest BCUT2D eigenvalue weighted by molar-refractivity contribution is 5.98. The Labute approximate surface area is 232 Å². The third-order valence-corrected chi connectivity index (χ3v) is 6.98. The smallest absolute Gasteiger partial charge is 0.416 e. The summed E-state index contributed by atoms with van der Waals surface area (Å²) < 4.78 is 50.0. The maximum atomic E-state index is 13.6. The number of fused-ring (bicyclic) bond motifs is 1. The number of esters is 1. The van der Waals surface area contributed by atoms with Crippen molar-refractivity contribution in [1.82, 2.24) is 14.8 Å². The summed E-state index contributed by atoms with van der Waals surface area (Å²) in [5, 5.41) is 0. The van der Waals surface area contributed by atoms with E-state index >= 15 is 0 Å². The minimum atomic E-state index is -4.53. The molecule has 2 N–H and O–H groups in total. The largest absolute Gasteiger partial charge is 0.468 e. The molecule has 1 aromatic heterocycles. The molecular weight excluding hydrogens is 541 g/mol. The number of aromatic nitrogens is 1. The van der Waals surface area contributed by atoms with Crippen LogP contribution in [-0.2, 0) is 20.5 Å². The number of ether oxygens (including phenoxy) is 1. The summed E-state index contributed by atoms with van der Waals surface area (Å²) in [7, 11) is 1.28. The Kier molecular flexibility index (Phi) is 7.50. The summed E-state index contributed by atoms with van der Waals surface area (Å²) >= 11 is 0. The molecule has 1 fully saturated rings. The zero-order chi connectivity index (χ0) is 29.3. The average Bonchev–Trinajstić information content (AvgIpc) is 3.41. The second-order valence-corrected chi connectivity index (χ2v) is 9.53. The maximum Gasteiger partial charge on any atom is 0.416 e. The summed E-state index contributed by atoms with van der Waals surface area (Å²) in [6.45, 7) is 0.360. The van der Waals surface area contributed by atoms with Crippen LogP contribution >= 0.6 is 0 Å². The van der Waals surface area contributed by atoms with Crippen molar-refractivity contribution in [3.8, 4) is 11.5 Å². The van der Waals surface area contributed by atoms with E-state index in [-0.39, 0.29) is 42.2 Å². The maximum absolute atomic E-state index is 13.6. The van der Waals surface area contributed by atoms with Crippen molar-refractivity contribution in [2.24, 2.45) is 5.73 Å². The van der Waals surface area contributed by atoms with Gasteiger partial charge in [0.2, 0.25) is 11.8 Å². The molecule has 0 unspecified atom stereocenters. The van der Waals surface area contributed by atoms with Gasteiger partial charge in [-0.25, -0.2) is 9.78 Å². The Morgan fingerprint density at radius 2 is 1.78 bits per heavy atom. The van der Waals surface area contributed by atoms with Crippen LogP contribution in [0, 0.1) is 0 Å². The molecule has 9 nitrogen and oxygen atoms in total. The topological polar surface area (TPSA) is 119 Å². The number of nitrogens with two attached hydrogens (primary N) is 1. The van der Waals surface area contributed by atoms with E-state index < -0.39 is 41.6 Å². The number of benzene rings is 3. The Bertz CT molecular complexity index is 1610. The normalized spacial score (nSPS) is 16.9. The number of nitrogens with zero attached hydrogens (tertiary/aromatic N) is 3. The molecule has 2 heterocycles. The second kappa shape index (κ2) is 11.0. The molecule has 0 radical (unpaired) electrons. The molecule has 0 saturated carbocycles. The third kappa shape index (κ3) is 5.64. The van der Waals surface area contributed by atoms with Crippen LogP contribution < -0.4 is 5.73 Å². The van der Waals surface area contributed by atoms with Crippen LogP contribution in [0.5, 0.6) is 0 Å². The lowest BCUT2D eigenvalue weighted by Gasteiger charge is -2.42. The number of carbonyl (C=O) groups is 3. The number of primary amides is 1. The van der Waals surface area contributed by atoms with E-state index in [9.17, 15) is 27.6 Å². The summed E-state index contributed by atoms with van der Waals surface area (Å²) in [5.41, 5.74) is 6.28. The fraction of sp³-hybridized carbons (Fsp3) is 0.241. The summed E-state index contributed by atoms with van der Waals surface area (Å²) in [4.78, 5) is 46.1. The number of hydrogen-bond donors (Lipinski definition) is 1. The minimum absolute atomic E-state index is 0.00208. The minimum Gasteiger partial charge on any atom is -0.468 e. The number of carbonyl (C=O) groups excluding carboxylic acids is 3. The molecule has 0 aliphatic carbocycles. The third-order valence-electron chi connectivity index (χ3n) is 6.98. The molecule has 1 aliphatic rings. The number of piperazine rings is 1. The predicted octanol–water partition coefficient (Wildman–Crippen LogP) is 4.04. The Morgan fingerprint density at radius 1 is 1.02 bits per heavy atom. The lowest BCUT2D eigenvalue weighted by Crippen LogP contribution is -2.61. The highest BCUT2D eigenvalue weighted by Crippen LogP contribution is 2.33. The molecule has 41 heavy (non-hydrogen) atoms. The van der Waals surface area contributed by atoms with Gasteiger partial charge in [-0.3, -0.25) is 14.5 Å². The summed E-state index contributed by atoms with van der Waals surface area (Å²) in [6.07, 6.45) is -4.53. The molecule has 0 bridgehead atoms. The first-order chi connectivity index (χ1) is 19.6. The number of rotatable bonds is 6. The molecule has 2 atom stereocenters. The second-order valence-electron chi connectivity index (χ2n) is 9.53. The Balaban J connectivity index is 1.40. The van der Waals surface area contributed by atoms with Crippen molar-refractivity contribution < 1.29 is 36.7 Å². The standard InChI is InChI=1S/C29H25F3N4O5/c1-40-28(39)24(17-6-3-2-4-7-17)35-12-13-36(22(16-35)25(33)37)27(38)19-9-5-8-18(14-19)26-34-21-15-20(29(30,31)32)10-11-23(21)41-26/h2-11,14-15,22,24H,12-13,16H2,1H3,(H2,33,37)/t22-,24+/m1/s1. The molecule has 3 aromatic carbocycles. The molecule has 212 valence electrons. The predicted molar refractivity (Wildman–Crippen MR) is 141 cm³/mol. The van der Waals surface area contributed by atoms with Crippen LogP contribution in [0.1, 0.15) is 27.5 Å². The first-order valence-electron chi connectivity index (χ1n) is 12.6. The molecule has 5 rings (SSSR count). The zero-order valence-corrected chi connectivity index (χ0v) is 21.8. The van der Waals surface area contributed by atoms with Gasteiger partial charge in [0.1, 0.15) is 17.6 Å². The molecule has 4 aromatic rings. The van der Waals surface area contributed by atoms with E-state index in [2.05, 4.69) is 4.98 Å². The number of oxazole rings is 1. The number of methoxy groups -OCH3 is 1. The van der Waals surface area contributed by atoms with Crippen LogP contribution in [0.3, 0.4) is 0 Å². The highest BCUT2D eigenvalue weighted by atomic mass is 19.4. The number of amides is 2. The summed E-state index contributed by atoms with van der Waals surface area (Å²) in [6, 6.07) is 16.3. The van der Waals surface area contributed by atoms with Crippen LogP contribution in [0.25, 0.3) is 22.6 Å². The zero-order valence-electron chi connectivity index (χ0n) is 21.8. The molecule has 0 spiro atoms. The molecule has 1 aliphatic heterocycles. The molecular formula is C29H25F3N4O5. The average molecular weight is 567 g/mol. The van der Waals surface area contributed by atoms with Gasteiger partial charge in [-0.2, -0.15) is 13.2 Å². The highest BCUT2D eigenvalue weighted by Gasteiger charge is 2.40. The van der Waals surface area contributed by atoms with Crippen molar-refractivity contribution in [2.75, 3.05) is 26.7 Å². The van der Waals surface area contributed by atoms with E-state index in [4.69, 9.17) is 14.9 Å². The van der Waals surface area contributed by atoms with Crippen molar-refractivity contribution in [1.29, 1.82) is 0 Å². The first kappa shape index (κ1) is 27.8. The van der Waals surface area contributed by atoms with Crippen molar-refractivity contribution in [3.05, 3.63) is 89.5 Å². The number of hydrogen-bond acceptors (Lipinski definition) is 7. The fourth-order valence-electron chi connectivity index (χ4n) is 4.95. The van der Waals surface area contributed by atoms with Crippen molar-refractivity contribution in [2.45, 2.75) is 18.3 Å². The van der Waals surface area contributed by atoms with E-state index in [1.54, 1.807) is 47.4 Å². The lowest BCUT2D eigenvalue weighted by molar-refractivity contribution is -0.149. The van der Waals surface area contributed by atoms with Gasteiger partial charge in [0.15, 0.2) is 5.58 Å². The SMILES string of the molecule is COC(=O)[C@H](c1ccccc1)N1CCN(C(=O)c2cccc(-c3nc4cc(C(F)(F)F)ccc4o3)c2)[C@@H](C(N)=O)C1. The quantitative estimate of drug-likeness (QED) is 0.350. The van der Waals surface area contributed by atoms with Gasteiger partial charge in [-0.1, -0.05) is 36.4 Å². The number of halogens is 3. The van der Waals surface area contributed by atoms with E-state index in [1.165, 1.54) is 24.1 Å². The van der Waals surface area contributed by atoms with Crippen LogP contribution in [0.15, 0.2) is 77.2 Å². The monoisotopic (exact) mass is 566 g/mol. The Morgan fingerprint density at radius 3 is 2.46 bits per heavy atom.